The summed E-state index contributed by atoms with van der Waals surface area (Å²) in [6.45, 7) is 3.41. The SMILES string of the molecule is CCC(CC)(NCC(N)=O)C(=O)O. The minimum Gasteiger partial charge on any atom is -0.480 e. The number of rotatable bonds is 6. The van der Waals surface area contributed by atoms with Gasteiger partial charge in [-0.1, -0.05) is 13.8 Å². The molecule has 4 N–H and O–H groups in total. The second-order valence-electron chi connectivity index (χ2n) is 2.91. The average Bonchev–Trinajstić information content (AvgIpc) is 2.06. The number of carbonyl (C=O) groups is 2. The van der Waals surface area contributed by atoms with Crippen molar-refractivity contribution in [1.82, 2.24) is 5.32 Å². The number of amides is 1. The van der Waals surface area contributed by atoms with E-state index >= 15 is 0 Å². The Hall–Kier alpha value is -1.10. The Kier molecular flexibility index (Phi) is 4.40. The van der Waals surface area contributed by atoms with Crippen molar-refractivity contribution in [1.29, 1.82) is 0 Å². The van der Waals surface area contributed by atoms with E-state index in [-0.39, 0.29) is 6.54 Å². The van der Waals surface area contributed by atoms with Crippen molar-refractivity contribution in [3.05, 3.63) is 0 Å². The summed E-state index contributed by atoms with van der Waals surface area (Å²) >= 11 is 0. The lowest BCUT2D eigenvalue weighted by molar-refractivity contribution is -0.145. The highest BCUT2D eigenvalue weighted by Crippen LogP contribution is 2.14. The topological polar surface area (TPSA) is 92.4 Å². The van der Waals surface area contributed by atoms with Gasteiger partial charge in [0.2, 0.25) is 5.91 Å². The minimum absolute atomic E-state index is 0.103. The van der Waals surface area contributed by atoms with Gasteiger partial charge in [0.15, 0.2) is 0 Å². The van der Waals surface area contributed by atoms with E-state index in [9.17, 15) is 9.59 Å². The van der Waals surface area contributed by atoms with Crippen LogP contribution in [0.25, 0.3) is 0 Å². The summed E-state index contributed by atoms with van der Waals surface area (Å²) in [6.07, 6.45) is 0.845. The third kappa shape index (κ3) is 3.02. The van der Waals surface area contributed by atoms with E-state index in [0.717, 1.165) is 0 Å². The van der Waals surface area contributed by atoms with Crippen LogP contribution >= 0.6 is 0 Å². The van der Waals surface area contributed by atoms with Gasteiger partial charge < -0.3 is 10.8 Å². The van der Waals surface area contributed by atoms with Crippen LogP contribution in [0.2, 0.25) is 0 Å². The Labute approximate surface area is 77.3 Å². The van der Waals surface area contributed by atoms with Gasteiger partial charge in [0, 0.05) is 0 Å². The number of aliphatic carboxylic acids is 1. The molecule has 13 heavy (non-hydrogen) atoms. The van der Waals surface area contributed by atoms with E-state index in [1.54, 1.807) is 13.8 Å². The molecule has 0 aromatic rings. The summed E-state index contributed by atoms with van der Waals surface area (Å²) in [5, 5.41) is 11.6. The van der Waals surface area contributed by atoms with E-state index in [0.29, 0.717) is 12.8 Å². The van der Waals surface area contributed by atoms with Crippen LogP contribution in [0, 0.1) is 0 Å². The first kappa shape index (κ1) is 11.9. The normalized spacial score (nSPS) is 11.2. The quantitative estimate of drug-likeness (QED) is 0.533. The zero-order valence-corrected chi connectivity index (χ0v) is 7.96. The van der Waals surface area contributed by atoms with E-state index in [1.807, 2.05) is 0 Å². The lowest BCUT2D eigenvalue weighted by Gasteiger charge is -2.27. The second-order valence-corrected chi connectivity index (χ2v) is 2.91. The molecule has 0 spiro atoms. The maximum Gasteiger partial charge on any atom is 0.323 e. The molecule has 0 rings (SSSR count). The van der Waals surface area contributed by atoms with Crippen molar-refractivity contribution in [2.45, 2.75) is 32.2 Å². The van der Waals surface area contributed by atoms with Crippen molar-refractivity contribution in [2.24, 2.45) is 5.73 Å². The average molecular weight is 188 g/mol. The molecule has 0 saturated heterocycles. The number of nitrogens with two attached hydrogens (primary N) is 1. The van der Waals surface area contributed by atoms with Crippen molar-refractivity contribution in [2.75, 3.05) is 6.54 Å². The molecule has 0 fully saturated rings. The lowest BCUT2D eigenvalue weighted by Crippen LogP contribution is -2.53. The fourth-order valence-electron chi connectivity index (χ4n) is 1.13. The Morgan fingerprint density at radius 1 is 1.38 bits per heavy atom. The number of primary amides is 1. The van der Waals surface area contributed by atoms with Crippen molar-refractivity contribution in [3.63, 3.8) is 0 Å². The van der Waals surface area contributed by atoms with Crippen molar-refractivity contribution in [3.8, 4) is 0 Å². The van der Waals surface area contributed by atoms with Crippen LogP contribution in [0.5, 0.6) is 0 Å². The van der Waals surface area contributed by atoms with Crippen LogP contribution in [-0.2, 0) is 9.59 Å². The van der Waals surface area contributed by atoms with Gasteiger partial charge in [-0.05, 0) is 12.8 Å². The van der Waals surface area contributed by atoms with Crippen LogP contribution in [0.15, 0.2) is 0 Å². The summed E-state index contributed by atoms with van der Waals surface area (Å²) in [7, 11) is 0. The zero-order chi connectivity index (χ0) is 10.5. The third-order valence-electron chi connectivity index (χ3n) is 2.22. The maximum absolute atomic E-state index is 10.9. The zero-order valence-electron chi connectivity index (χ0n) is 7.96. The molecule has 0 atom stereocenters. The molecule has 0 aliphatic carbocycles. The number of carboxylic acids is 1. The highest BCUT2D eigenvalue weighted by molar-refractivity contribution is 5.81. The Balaban J connectivity index is 4.39. The Bertz CT molecular complexity index is 200. The fraction of sp³-hybridized carbons (Fsp3) is 0.750. The molecule has 0 unspecified atom stereocenters. The number of hydrogen-bond donors (Lipinski definition) is 3. The van der Waals surface area contributed by atoms with E-state index in [2.05, 4.69) is 5.32 Å². The van der Waals surface area contributed by atoms with Gasteiger partial charge in [-0.2, -0.15) is 0 Å². The lowest BCUT2D eigenvalue weighted by atomic mass is 9.93. The fourth-order valence-corrected chi connectivity index (χ4v) is 1.13. The Morgan fingerprint density at radius 3 is 2.08 bits per heavy atom. The van der Waals surface area contributed by atoms with Crippen LogP contribution in [0.1, 0.15) is 26.7 Å². The van der Waals surface area contributed by atoms with Gasteiger partial charge in [-0.3, -0.25) is 14.9 Å². The highest BCUT2D eigenvalue weighted by atomic mass is 16.4. The van der Waals surface area contributed by atoms with Gasteiger partial charge in [0.25, 0.3) is 0 Å². The van der Waals surface area contributed by atoms with Gasteiger partial charge in [0.1, 0.15) is 5.54 Å². The number of carbonyl (C=O) groups excluding carboxylic acids is 1. The second kappa shape index (κ2) is 4.81. The predicted octanol–water partition coefficient (Wildman–Crippen LogP) is -0.295. The van der Waals surface area contributed by atoms with Gasteiger partial charge in [0.05, 0.1) is 6.54 Å². The first-order valence-corrected chi connectivity index (χ1v) is 4.25. The molecule has 0 bridgehead atoms. The van der Waals surface area contributed by atoms with Gasteiger partial charge >= 0.3 is 5.97 Å². The predicted molar refractivity (Wildman–Crippen MR) is 48.1 cm³/mol. The molecule has 0 saturated carbocycles. The molecule has 76 valence electrons. The highest BCUT2D eigenvalue weighted by Gasteiger charge is 2.34. The molecule has 0 radical (unpaired) electrons. The number of hydrogen-bond acceptors (Lipinski definition) is 3. The standard InChI is InChI=1S/C8H16N2O3/c1-3-8(4-2,7(12)13)10-5-6(9)11/h10H,3-5H2,1-2H3,(H2,9,11)(H,12,13). The van der Waals surface area contributed by atoms with Crippen LogP contribution in [0.4, 0.5) is 0 Å². The first-order valence-electron chi connectivity index (χ1n) is 4.25. The first-order chi connectivity index (χ1) is 5.98. The van der Waals surface area contributed by atoms with Crippen LogP contribution < -0.4 is 11.1 Å². The third-order valence-corrected chi connectivity index (χ3v) is 2.22. The monoisotopic (exact) mass is 188 g/mol. The molecular weight excluding hydrogens is 172 g/mol. The molecule has 5 heteroatoms. The van der Waals surface area contributed by atoms with Crippen LogP contribution in [-0.4, -0.2) is 29.1 Å². The smallest absolute Gasteiger partial charge is 0.323 e. The largest absolute Gasteiger partial charge is 0.480 e. The summed E-state index contributed by atoms with van der Waals surface area (Å²) in [5.74, 6) is -1.49. The van der Waals surface area contributed by atoms with Crippen molar-refractivity contribution < 1.29 is 14.7 Å². The number of carboxylic acid groups (broad SMARTS) is 1. The summed E-state index contributed by atoms with van der Waals surface area (Å²) in [6, 6.07) is 0. The summed E-state index contributed by atoms with van der Waals surface area (Å²) in [5.41, 5.74) is 3.90. The van der Waals surface area contributed by atoms with E-state index in [1.165, 1.54) is 0 Å². The minimum atomic E-state index is -1.02. The van der Waals surface area contributed by atoms with Crippen LogP contribution in [0.3, 0.4) is 0 Å². The Morgan fingerprint density at radius 2 is 1.85 bits per heavy atom. The van der Waals surface area contributed by atoms with E-state index < -0.39 is 17.4 Å². The van der Waals surface area contributed by atoms with Gasteiger partial charge in [-0.25, -0.2) is 0 Å². The van der Waals surface area contributed by atoms with Crippen molar-refractivity contribution >= 4 is 11.9 Å². The molecule has 0 aromatic heterocycles. The summed E-state index contributed by atoms with van der Waals surface area (Å²) < 4.78 is 0. The van der Waals surface area contributed by atoms with Gasteiger partial charge in [-0.15, -0.1) is 0 Å². The molecule has 0 aromatic carbocycles. The molecule has 1 amide bonds. The molecule has 0 heterocycles. The maximum atomic E-state index is 10.9. The molecule has 0 aliphatic heterocycles. The van der Waals surface area contributed by atoms with E-state index in [4.69, 9.17) is 10.8 Å². The number of nitrogens with one attached hydrogen (secondary N) is 1. The summed E-state index contributed by atoms with van der Waals surface area (Å²) in [4.78, 5) is 21.3. The molecule has 0 aliphatic rings. The molecular formula is C8H16N2O3. The molecule has 5 nitrogen and oxygen atoms in total.